The number of nitrogens with zero attached hydrogens (tertiary/aromatic N) is 1. The van der Waals surface area contributed by atoms with Gasteiger partial charge in [-0.25, -0.2) is 4.79 Å². The molecule has 0 aliphatic carbocycles. The standard InChI is InChI=1S/C34H36BrNO8/c1-20(2)32(38)42-27-12-10-23(11-13-27)15-28(29(37)19-41-6)36-18-25-16-26(35)17-30(31(25)44-33(39)21(3)4)43-34(40)24-9-7-8-22(5)14-24/h7-14,16-18,20-21,28H,15,19H2,1-6H3. The number of rotatable bonds is 13. The summed E-state index contributed by atoms with van der Waals surface area (Å²) in [7, 11) is 1.42. The molecule has 0 amide bonds. The molecule has 0 heterocycles. The monoisotopic (exact) mass is 665 g/mol. The zero-order chi connectivity index (χ0) is 32.4. The van der Waals surface area contributed by atoms with Gasteiger partial charge in [-0.15, -0.1) is 0 Å². The van der Waals surface area contributed by atoms with Crippen molar-refractivity contribution in [3.05, 3.63) is 87.4 Å². The van der Waals surface area contributed by atoms with Crippen molar-refractivity contribution in [2.75, 3.05) is 13.7 Å². The molecule has 0 fully saturated rings. The molecular formula is C34H36BrNO8. The lowest BCUT2D eigenvalue weighted by atomic mass is 10.0. The highest BCUT2D eigenvalue weighted by Crippen LogP contribution is 2.36. The lowest BCUT2D eigenvalue weighted by molar-refractivity contribution is -0.138. The van der Waals surface area contributed by atoms with Crippen molar-refractivity contribution in [3.8, 4) is 17.2 Å². The second kappa shape index (κ2) is 16.1. The predicted molar refractivity (Wildman–Crippen MR) is 170 cm³/mol. The summed E-state index contributed by atoms with van der Waals surface area (Å²) in [6.45, 7) is 8.55. The Morgan fingerprint density at radius 3 is 2.14 bits per heavy atom. The molecule has 0 saturated heterocycles. The number of aryl methyl sites for hydroxylation is 1. The molecule has 232 valence electrons. The van der Waals surface area contributed by atoms with Crippen LogP contribution in [0.1, 0.15) is 54.7 Å². The molecule has 9 nitrogen and oxygen atoms in total. The van der Waals surface area contributed by atoms with Gasteiger partial charge in [0.05, 0.1) is 17.4 Å². The number of ether oxygens (including phenoxy) is 4. The predicted octanol–water partition coefficient (Wildman–Crippen LogP) is 6.35. The van der Waals surface area contributed by atoms with E-state index in [1.807, 2.05) is 13.0 Å². The largest absolute Gasteiger partial charge is 0.426 e. The van der Waals surface area contributed by atoms with E-state index in [0.29, 0.717) is 21.3 Å². The van der Waals surface area contributed by atoms with Crippen molar-refractivity contribution < 1.29 is 38.1 Å². The zero-order valence-electron chi connectivity index (χ0n) is 25.6. The van der Waals surface area contributed by atoms with Crippen LogP contribution in [-0.2, 0) is 25.5 Å². The Labute approximate surface area is 265 Å². The Morgan fingerprint density at radius 1 is 0.864 bits per heavy atom. The van der Waals surface area contributed by atoms with Crippen LogP contribution in [0, 0.1) is 18.8 Å². The van der Waals surface area contributed by atoms with Crippen LogP contribution in [0.2, 0.25) is 0 Å². The Hall–Kier alpha value is -4.15. The Kier molecular flexibility index (Phi) is 12.5. The smallest absolute Gasteiger partial charge is 0.343 e. The molecular weight excluding hydrogens is 630 g/mol. The number of halogens is 1. The maximum absolute atomic E-state index is 13.0. The van der Waals surface area contributed by atoms with Crippen molar-refractivity contribution in [1.82, 2.24) is 0 Å². The van der Waals surface area contributed by atoms with E-state index in [2.05, 4.69) is 20.9 Å². The van der Waals surface area contributed by atoms with Crippen LogP contribution in [0.3, 0.4) is 0 Å². The minimum Gasteiger partial charge on any atom is -0.426 e. The summed E-state index contributed by atoms with van der Waals surface area (Å²) in [4.78, 5) is 55.2. The topological polar surface area (TPSA) is 118 Å². The molecule has 3 aromatic rings. The second-order valence-electron chi connectivity index (χ2n) is 10.8. The fraction of sp³-hybridized carbons (Fsp3) is 0.324. The van der Waals surface area contributed by atoms with Crippen LogP contribution in [0.4, 0.5) is 0 Å². The number of ketones is 1. The molecule has 3 aromatic carbocycles. The average molecular weight is 667 g/mol. The van der Waals surface area contributed by atoms with Gasteiger partial charge in [-0.3, -0.25) is 19.4 Å². The third-order valence-corrected chi connectivity index (χ3v) is 6.73. The summed E-state index contributed by atoms with van der Waals surface area (Å²) in [6.07, 6.45) is 1.64. The van der Waals surface area contributed by atoms with E-state index in [4.69, 9.17) is 18.9 Å². The van der Waals surface area contributed by atoms with Gasteiger partial charge in [0, 0.05) is 29.8 Å². The van der Waals surface area contributed by atoms with Crippen molar-refractivity contribution in [3.63, 3.8) is 0 Å². The molecule has 0 radical (unpaired) electrons. The van der Waals surface area contributed by atoms with E-state index in [9.17, 15) is 19.2 Å². The van der Waals surface area contributed by atoms with Crippen molar-refractivity contribution in [2.24, 2.45) is 16.8 Å². The highest BCUT2D eigenvalue weighted by Gasteiger charge is 2.23. The fourth-order valence-corrected chi connectivity index (χ4v) is 4.28. The number of carbonyl (C=O) groups is 4. The molecule has 0 N–H and O–H groups in total. The Balaban J connectivity index is 1.96. The van der Waals surface area contributed by atoms with Gasteiger partial charge in [0.2, 0.25) is 0 Å². The molecule has 3 rings (SSSR count). The van der Waals surface area contributed by atoms with Gasteiger partial charge in [0.1, 0.15) is 18.4 Å². The Morgan fingerprint density at radius 2 is 1.52 bits per heavy atom. The summed E-state index contributed by atoms with van der Waals surface area (Å²) in [5, 5.41) is 0. The van der Waals surface area contributed by atoms with Crippen molar-refractivity contribution in [1.29, 1.82) is 0 Å². The van der Waals surface area contributed by atoms with Gasteiger partial charge in [-0.1, -0.05) is 73.5 Å². The van der Waals surface area contributed by atoms with Crippen molar-refractivity contribution >= 4 is 45.8 Å². The first-order chi connectivity index (χ1) is 20.9. The third kappa shape index (κ3) is 9.96. The highest BCUT2D eigenvalue weighted by atomic mass is 79.9. The van der Waals surface area contributed by atoms with Gasteiger partial charge in [-0.2, -0.15) is 0 Å². The van der Waals surface area contributed by atoms with E-state index in [1.54, 1.807) is 76.2 Å². The first kappa shape index (κ1) is 34.3. The Bertz CT molecular complexity index is 1530. The number of methoxy groups -OCH3 is 1. The van der Waals surface area contributed by atoms with Gasteiger partial charge in [-0.05, 0) is 48.9 Å². The molecule has 10 heteroatoms. The molecule has 0 aliphatic heterocycles. The minimum absolute atomic E-state index is 0.00707. The molecule has 1 unspecified atom stereocenters. The van der Waals surface area contributed by atoms with Gasteiger partial charge in [0.15, 0.2) is 17.3 Å². The maximum atomic E-state index is 13.0. The molecule has 0 bridgehead atoms. The van der Waals surface area contributed by atoms with Crippen LogP contribution >= 0.6 is 15.9 Å². The van der Waals surface area contributed by atoms with Crippen LogP contribution in [0.15, 0.2) is 70.1 Å². The van der Waals surface area contributed by atoms with E-state index in [-0.39, 0.29) is 42.2 Å². The van der Waals surface area contributed by atoms with Gasteiger partial charge >= 0.3 is 17.9 Å². The average Bonchev–Trinajstić information content (AvgIpc) is 2.97. The van der Waals surface area contributed by atoms with Crippen LogP contribution in [0.25, 0.3) is 0 Å². The van der Waals surface area contributed by atoms with Gasteiger partial charge < -0.3 is 18.9 Å². The molecule has 0 saturated carbocycles. The summed E-state index contributed by atoms with van der Waals surface area (Å²) in [6, 6.07) is 16.1. The number of hydrogen-bond acceptors (Lipinski definition) is 9. The first-order valence-electron chi connectivity index (χ1n) is 14.1. The molecule has 1 atom stereocenters. The van der Waals surface area contributed by atoms with E-state index >= 15 is 0 Å². The fourth-order valence-electron chi connectivity index (χ4n) is 3.83. The number of Topliss-reactive ketones (excluding diaryl/α,β-unsaturated/α-hetero) is 1. The third-order valence-electron chi connectivity index (χ3n) is 6.27. The van der Waals surface area contributed by atoms with Crippen LogP contribution < -0.4 is 14.2 Å². The SMILES string of the molecule is COCC(=O)C(Cc1ccc(OC(=O)C(C)C)cc1)N=Cc1cc(Br)cc(OC(=O)c2cccc(C)c2)c1OC(=O)C(C)C. The summed E-state index contributed by atoms with van der Waals surface area (Å²) in [5.41, 5.74) is 2.29. The zero-order valence-corrected chi connectivity index (χ0v) is 27.2. The molecule has 0 spiro atoms. The first-order valence-corrected chi connectivity index (χ1v) is 14.9. The number of hydrogen-bond donors (Lipinski definition) is 0. The van der Waals surface area contributed by atoms with Crippen LogP contribution in [-0.4, -0.2) is 49.7 Å². The summed E-state index contributed by atoms with van der Waals surface area (Å²) < 4.78 is 22.3. The maximum Gasteiger partial charge on any atom is 0.343 e. The summed E-state index contributed by atoms with van der Waals surface area (Å²) >= 11 is 3.43. The normalized spacial score (nSPS) is 11.9. The second-order valence-corrected chi connectivity index (χ2v) is 11.7. The van der Waals surface area contributed by atoms with E-state index in [1.165, 1.54) is 19.4 Å². The molecule has 44 heavy (non-hydrogen) atoms. The van der Waals surface area contributed by atoms with Crippen LogP contribution in [0.5, 0.6) is 17.2 Å². The minimum atomic E-state index is -0.857. The highest BCUT2D eigenvalue weighted by molar-refractivity contribution is 9.10. The molecule has 0 aromatic heterocycles. The number of benzene rings is 3. The number of aliphatic imine (C=N–C) groups is 1. The van der Waals surface area contributed by atoms with Crippen molar-refractivity contribution in [2.45, 2.75) is 47.1 Å². The molecule has 0 aliphatic rings. The lowest BCUT2D eigenvalue weighted by Gasteiger charge is -2.16. The number of esters is 3. The summed E-state index contributed by atoms with van der Waals surface area (Å²) in [5.74, 6) is -2.14. The quantitative estimate of drug-likeness (QED) is 0.118. The lowest BCUT2D eigenvalue weighted by Crippen LogP contribution is -2.25. The van der Waals surface area contributed by atoms with Gasteiger partial charge in [0.25, 0.3) is 0 Å². The number of carbonyl (C=O) groups excluding carboxylic acids is 4. The van der Waals surface area contributed by atoms with E-state index < -0.39 is 23.9 Å². The van der Waals surface area contributed by atoms with E-state index in [0.717, 1.165) is 11.1 Å².